The van der Waals surface area contributed by atoms with Gasteiger partial charge in [-0.05, 0) is 67.1 Å². The number of benzene rings is 1. The number of aryl methyl sites for hydroxylation is 1. The van der Waals surface area contributed by atoms with Gasteiger partial charge in [-0.3, -0.25) is 9.69 Å². The van der Waals surface area contributed by atoms with E-state index in [4.69, 9.17) is 16.3 Å². The van der Waals surface area contributed by atoms with Crippen molar-refractivity contribution in [3.63, 3.8) is 0 Å². The maximum Gasteiger partial charge on any atom is 0.319 e. The number of pyridine rings is 2. The zero-order chi connectivity index (χ0) is 29.0. The van der Waals surface area contributed by atoms with Crippen molar-refractivity contribution in [1.29, 1.82) is 0 Å². The van der Waals surface area contributed by atoms with Gasteiger partial charge in [0.05, 0.1) is 6.54 Å². The van der Waals surface area contributed by atoms with Crippen molar-refractivity contribution in [2.45, 2.75) is 20.0 Å². The average molecular weight is 581 g/mol. The van der Waals surface area contributed by atoms with Gasteiger partial charge in [-0.1, -0.05) is 18.5 Å². The largest absolute Gasteiger partial charge is 0.485 e. The minimum absolute atomic E-state index is 0.0839. The number of hydrogen-bond acceptors (Lipinski definition) is 8. The molecule has 3 amide bonds. The van der Waals surface area contributed by atoms with Crippen LogP contribution in [-0.4, -0.2) is 84.6 Å². The van der Waals surface area contributed by atoms with Gasteiger partial charge in [-0.25, -0.2) is 14.8 Å². The second-order valence-electron chi connectivity index (χ2n) is 9.83. The Morgan fingerprint density at radius 3 is 2.61 bits per heavy atom. The average Bonchev–Trinajstić information content (AvgIpc) is 2.96. The Morgan fingerprint density at radius 2 is 1.80 bits per heavy atom. The quantitative estimate of drug-likeness (QED) is 0.239. The van der Waals surface area contributed by atoms with Crippen LogP contribution in [0.25, 0.3) is 0 Å². The number of hydrogen-bond donors (Lipinski definition) is 4. The Labute approximate surface area is 245 Å². The number of aromatic nitrogens is 2. The highest BCUT2D eigenvalue weighted by molar-refractivity contribution is 6.31. The number of carbonyl (C=O) groups excluding carboxylic acids is 2. The van der Waals surface area contributed by atoms with E-state index in [2.05, 4.69) is 48.1 Å². The third-order valence-electron chi connectivity index (χ3n) is 6.55. The molecule has 1 fully saturated rings. The molecule has 0 unspecified atom stereocenters. The number of anilines is 3. The SMILES string of the molecule is CCc1cc(Cl)cc(NC(=O)NCCNc2ncccc2OCc2ccnc(NC(=O)CN3CCN(C)CC3)c2)c1. The van der Waals surface area contributed by atoms with E-state index in [-0.39, 0.29) is 18.5 Å². The molecule has 1 aliphatic rings. The van der Waals surface area contributed by atoms with Crippen molar-refractivity contribution < 1.29 is 14.3 Å². The van der Waals surface area contributed by atoms with E-state index in [1.807, 2.05) is 31.2 Å². The molecule has 1 aromatic carbocycles. The Balaban J connectivity index is 1.22. The minimum Gasteiger partial charge on any atom is -0.485 e. The van der Waals surface area contributed by atoms with Gasteiger partial charge in [0.2, 0.25) is 5.91 Å². The molecule has 3 aromatic rings. The van der Waals surface area contributed by atoms with Crippen molar-refractivity contribution in [2.75, 3.05) is 68.8 Å². The third-order valence-corrected chi connectivity index (χ3v) is 6.76. The van der Waals surface area contributed by atoms with E-state index in [1.165, 1.54) is 0 Å². The van der Waals surface area contributed by atoms with E-state index in [9.17, 15) is 9.59 Å². The molecule has 3 heterocycles. The number of halogens is 1. The molecule has 1 aliphatic heterocycles. The Morgan fingerprint density at radius 1 is 0.976 bits per heavy atom. The predicted octanol–water partition coefficient (Wildman–Crippen LogP) is 3.69. The molecule has 0 aliphatic carbocycles. The van der Waals surface area contributed by atoms with Gasteiger partial charge in [-0.2, -0.15) is 0 Å². The molecule has 11 nitrogen and oxygen atoms in total. The van der Waals surface area contributed by atoms with Gasteiger partial charge in [0, 0.05) is 62.4 Å². The monoisotopic (exact) mass is 580 g/mol. The molecule has 4 N–H and O–H groups in total. The summed E-state index contributed by atoms with van der Waals surface area (Å²) in [5.74, 6) is 1.54. The smallest absolute Gasteiger partial charge is 0.319 e. The van der Waals surface area contributed by atoms with Gasteiger partial charge < -0.3 is 30.9 Å². The summed E-state index contributed by atoms with van der Waals surface area (Å²) < 4.78 is 6.01. The van der Waals surface area contributed by atoms with E-state index >= 15 is 0 Å². The van der Waals surface area contributed by atoms with E-state index in [0.717, 1.165) is 43.7 Å². The van der Waals surface area contributed by atoms with Gasteiger partial charge >= 0.3 is 6.03 Å². The number of ether oxygens (including phenoxy) is 1. The van der Waals surface area contributed by atoms with E-state index in [1.54, 1.807) is 30.6 Å². The lowest BCUT2D eigenvalue weighted by Crippen LogP contribution is -2.47. The van der Waals surface area contributed by atoms with Crippen LogP contribution >= 0.6 is 11.6 Å². The lowest BCUT2D eigenvalue weighted by molar-refractivity contribution is -0.117. The summed E-state index contributed by atoms with van der Waals surface area (Å²) in [5.41, 5.74) is 2.55. The molecule has 0 saturated carbocycles. The summed E-state index contributed by atoms with van der Waals surface area (Å²) >= 11 is 6.13. The molecule has 0 bridgehead atoms. The van der Waals surface area contributed by atoms with E-state index in [0.29, 0.717) is 47.7 Å². The van der Waals surface area contributed by atoms with Crippen LogP contribution in [-0.2, 0) is 17.8 Å². The summed E-state index contributed by atoms with van der Waals surface area (Å²) in [4.78, 5) is 37.8. The number of nitrogens with one attached hydrogen (secondary N) is 4. The lowest BCUT2D eigenvalue weighted by Gasteiger charge is -2.31. The first kappa shape index (κ1) is 30.0. The van der Waals surface area contributed by atoms with Crippen molar-refractivity contribution in [2.24, 2.45) is 0 Å². The molecule has 4 rings (SSSR count). The number of urea groups is 1. The van der Waals surface area contributed by atoms with Crippen LogP contribution in [0.3, 0.4) is 0 Å². The van der Waals surface area contributed by atoms with Gasteiger partial charge in [-0.15, -0.1) is 0 Å². The number of rotatable bonds is 12. The summed E-state index contributed by atoms with van der Waals surface area (Å²) in [5, 5.41) is 12.3. The van der Waals surface area contributed by atoms with Crippen LogP contribution in [0.1, 0.15) is 18.1 Å². The van der Waals surface area contributed by atoms with Crippen molar-refractivity contribution in [3.8, 4) is 5.75 Å². The van der Waals surface area contributed by atoms with Crippen molar-refractivity contribution >= 4 is 40.9 Å². The highest BCUT2D eigenvalue weighted by Gasteiger charge is 2.17. The molecular weight excluding hydrogens is 544 g/mol. The first-order valence-corrected chi connectivity index (χ1v) is 14.1. The third kappa shape index (κ3) is 9.89. The number of amides is 3. The summed E-state index contributed by atoms with van der Waals surface area (Å²) in [6.07, 6.45) is 4.14. The normalized spacial score (nSPS) is 13.8. The summed E-state index contributed by atoms with van der Waals surface area (Å²) in [7, 11) is 2.09. The fourth-order valence-electron chi connectivity index (χ4n) is 4.28. The standard InChI is InChI=1S/C29H37ClN8O3/c1-3-21-15-23(30)18-24(16-21)35-29(40)34-10-9-33-28-25(5-4-7-32-28)41-20-22-6-8-31-26(17-22)36-27(39)19-38-13-11-37(2)12-14-38/h4-8,15-18H,3,9-14,19-20H2,1-2H3,(H,32,33)(H,31,36,39)(H2,34,35,40). The Hall–Kier alpha value is -3.93. The van der Waals surface area contributed by atoms with Crippen molar-refractivity contribution in [1.82, 2.24) is 25.1 Å². The van der Waals surface area contributed by atoms with Crippen LogP contribution < -0.4 is 26.0 Å². The second-order valence-corrected chi connectivity index (χ2v) is 10.3. The van der Waals surface area contributed by atoms with Crippen LogP contribution in [0, 0.1) is 0 Å². The van der Waals surface area contributed by atoms with Gasteiger partial charge in [0.15, 0.2) is 11.6 Å². The number of nitrogens with zero attached hydrogens (tertiary/aromatic N) is 4. The first-order valence-electron chi connectivity index (χ1n) is 13.7. The minimum atomic E-state index is -0.322. The molecule has 0 radical (unpaired) electrons. The number of piperazine rings is 1. The molecular formula is C29H37ClN8O3. The molecule has 1 saturated heterocycles. The second kappa shape index (κ2) is 15.2. The number of likely N-dealkylation sites (N-methyl/N-ethyl adjacent to an activating group) is 1. The topological polar surface area (TPSA) is 124 Å². The van der Waals surface area contributed by atoms with Crippen LogP contribution in [0.2, 0.25) is 5.02 Å². The maximum atomic E-state index is 12.5. The maximum absolute atomic E-state index is 12.5. The van der Waals surface area contributed by atoms with Gasteiger partial charge in [0.1, 0.15) is 12.4 Å². The zero-order valence-electron chi connectivity index (χ0n) is 23.5. The summed E-state index contributed by atoms with van der Waals surface area (Å²) in [6.45, 7) is 7.11. The highest BCUT2D eigenvalue weighted by Crippen LogP contribution is 2.22. The molecule has 2 aromatic heterocycles. The molecule has 0 atom stereocenters. The van der Waals surface area contributed by atoms with Crippen molar-refractivity contribution in [3.05, 3.63) is 71.0 Å². The first-order chi connectivity index (χ1) is 19.9. The highest BCUT2D eigenvalue weighted by atomic mass is 35.5. The summed E-state index contributed by atoms with van der Waals surface area (Å²) in [6, 6.07) is 12.4. The Kier molecular flexibility index (Phi) is 11.1. The van der Waals surface area contributed by atoms with Crippen LogP contribution in [0.15, 0.2) is 54.9 Å². The molecule has 0 spiro atoms. The predicted molar refractivity (Wildman–Crippen MR) is 162 cm³/mol. The zero-order valence-corrected chi connectivity index (χ0v) is 24.2. The molecule has 12 heteroatoms. The number of carbonyl (C=O) groups is 2. The van der Waals surface area contributed by atoms with E-state index < -0.39 is 0 Å². The Bertz CT molecular complexity index is 1320. The fraction of sp³-hybridized carbons (Fsp3) is 0.379. The molecule has 41 heavy (non-hydrogen) atoms. The van der Waals surface area contributed by atoms with Gasteiger partial charge in [0.25, 0.3) is 0 Å². The lowest BCUT2D eigenvalue weighted by atomic mass is 10.1. The van der Waals surface area contributed by atoms with Crippen LogP contribution in [0.5, 0.6) is 5.75 Å². The fourth-order valence-corrected chi connectivity index (χ4v) is 4.54. The molecule has 218 valence electrons. The van der Waals surface area contributed by atoms with Crippen LogP contribution in [0.4, 0.5) is 22.1 Å².